The molecular weight excluding hydrogens is 384 g/mol. The average Bonchev–Trinajstić information content (AvgIpc) is 3.32. The molecule has 132 valence electrons. The fourth-order valence-corrected chi connectivity index (χ4v) is 4.36. The first-order valence-corrected chi connectivity index (χ1v) is 9.35. The molecule has 1 amide bonds. The molecule has 0 saturated carbocycles. The Labute approximate surface area is 161 Å². The van der Waals surface area contributed by atoms with Crippen LogP contribution in [0.5, 0.6) is 0 Å². The van der Waals surface area contributed by atoms with Crippen molar-refractivity contribution in [3.05, 3.63) is 85.9 Å². The fourth-order valence-electron chi connectivity index (χ4n) is 3.26. The minimum absolute atomic E-state index is 0.201. The number of nitrogens with zero attached hydrogens (tertiary/aromatic N) is 4. The number of carbonyl (C=O) groups is 1. The van der Waals surface area contributed by atoms with Crippen molar-refractivity contribution >= 4 is 45.1 Å². The van der Waals surface area contributed by atoms with E-state index < -0.39 is 0 Å². The molecule has 8 heteroatoms. The molecular formula is C19H11ClN4O2S. The Morgan fingerprint density at radius 3 is 2.59 bits per heavy atom. The highest BCUT2D eigenvalue weighted by Crippen LogP contribution is 2.36. The molecule has 1 aliphatic rings. The standard InChI is InChI=1S/C19H11ClN4O2S/c20-12-7-5-11(6-8-12)9-23-14-4-2-1-3-13(14)15(17(23)25)16-18(26)24-19(27-16)21-10-22-24/h1-8,10H,9H2. The molecule has 2 aromatic heterocycles. The molecule has 27 heavy (non-hydrogen) atoms. The summed E-state index contributed by atoms with van der Waals surface area (Å²) in [6.45, 7) is 0.394. The summed E-state index contributed by atoms with van der Waals surface area (Å²) >= 11 is 7.13. The summed E-state index contributed by atoms with van der Waals surface area (Å²) in [6.07, 6.45) is 1.33. The topological polar surface area (TPSA) is 67.6 Å². The van der Waals surface area contributed by atoms with E-state index in [1.807, 2.05) is 36.4 Å². The molecule has 0 unspecified atom stereocenters. The third-order valence-corrected chi connectivity index (χ3v) is 5.80. The van der Waals surface area contributed by atoms with E-state index in [1.165, 1.54) is 22.2 Å². The number of para-hydroxylation sites is 1. The lowest BCUT2D eigenvalue weighted by atomic mass is 10.1. The van der Waals surface area contributed by atoms with Gasteiger partial charge in [-0.1, -0.05) is 53.3 Å². The van der Waals surface area contributed by atoms with Gasteiger partial charge < -0.3 is 4.90 Å². The number of anilines is 1. The van der Waals surface area contributed by atoms with Gasteiger partial charge in [-0.15, -0.1) is 0 Å². The highest BCUT2D eigenvalue weighted by Gasteiger charge is 2.34. The number of rotatable bonds is 2. The van der Waals surface area contributed by atoms with E-state index in [2.05, 4.69) is 10.1 Å². The van der Waals surface area contributed by atoms with Crippen LogP contribution in [-0.4, -0.2) is 20.5 Å². The molecule has 6 nitrogen and oxygen atoms in total. The van der Waals surface area contributed by atoms with Crippen molar-refractivity contribution in [2.45, 2.75) is 6.54 Å². The van der Waals surface area contributed by atoms with Gasteiger partial charge in [0.05, 0.1) is 17.8 Å². The van der Waals surface area contributed by atoms with E-state index in [-0.39, 0.29) is 11.5 Å². The first-order chi connectivity index (χ1) is 13.1. The van der Waals surface area contributed by atoms with Crippen LogP contribution in [0.15, 0.2) is 59.7 Å². The number of hydrogen-bond acceptors (Lipinski definition) is 5. The first kappa shape index (κ1) is 16.2. The van der Waals surface area contributed by atoms with Crippen molar-refractivity contribution in [2.75, 3.05) is 4.90 Å². The largest absolute Gasteiger partial charge is 0.303 e. The Balaban J connectivity index is 1.71. The molecule has 0 N–H and O–H groups in total. The van der Waals surface area contributed by atoms with Gasteiger partial charge >= 0.3 is 0 Å². The number of aromatic nitrogens is 3. The summed E-state index contributed by atoms with van der Waals surface area (Å²) in [5.74, 6) is -0.201. The van der Waals surface area contributed by atoms with Crippen molar-refractivity contribution in [3.8, 4) is 0 Å². The fraction of sp³-hybridized carbons (Fsp3) is 0.0526. The van der Waals surface area contributed by atoms with Gasteiger partial charge in [-0.05, 0) is 23.8 Å². The van der Waals surface area contributed by atoms with Crippen molar-refractivity contribution in [3.63, 3.8) is 0 Å². The lowest BCUT2D eigenvalue weighted by molar-refractivity contribution is -0.113. The highest BCUT2D eigenvalue weighted by atomic mass is 35.5. The predicted molar refractivity (Wildman–Crippen MR) is 104 cm³/mol. The van der Waals surface area contributed by atoms with Gasteiger partial charge in [0.25, 0.3) is 11.5 Å². The quantitative estimate of drug-likeness (QED) is 0.523. The molecule has 0 atom stereocenters. The maximum atomic E-state index is 13.3. The molecule has 0 aliphatic carbocycles. The normalized spacial score (nSPS) is 15.6. The van der Waals surface area contributed by atoms with Crippen molar-refractivity contribution < 1.29 is 4.79 Å². The van der Waals surface area contributed by atoms with E-state index in [1.54, 1.807) is 17.0 Å². The van der Waals surface area contributed by atoms with Gasteiger partial charge in [0.1, 0.15) is 10.9 Å². The van der Waals surface area contributed by atoms with Crippen LogP contribution in [0.1, 0.15) is 11.1 Å². The van der Waals surface area contributed by atoms with Crippen LogP contribution in [0.2, 0.25) is 5.02 Å². The number of halogens is 1. The van der Waals surface area contributed by atoms with Gasteiger partial charge in [0.2, 0.25) is 4.96 Å². The Bertz CT molecular complexity index is 1310. The molecule has 3 heterocycles. The maximum Gasteiger partial charge on any atom is 0.291 e. The van der Waals surface area contributed by atoms with E-state index in [0.29, 0.717) is 26.6 Å². The lowest BCUT2D eigenvalue weighted by Crippen LogP contribution is -2.32. The zero-order valence-corrected chi connectivity index (χ0v) is 15.4. The number of fused-ring (bicyclic) bond motifs is 2. The number of carbonyl (C=O) groups excluding carboxylic acids is 1. The summed E-state index contributed by atoms with van der Waals surface area (Å²) in [7, 11) is 0. The molecule has 1 aliphatic heterocycles. The first-order valence-electron chi connectivity index (χ1n) is 8.16. The third-order valence-electron chi connectivity index (χ3n) is 4.50. The molecule has 5 rings (SSSR count). The summed E-state index contributed by atoms with van der Waals surface area (Å²) in [6, 6.07) is 14.9. The second-order valence-corrected chi connectivity index (χ2v) is 7.51. The number of amides is 1. The highest BCUT2D eigenvalue weighted by molar-refractivity contribution is 7.15. The molecule has 2 aromatic carbocycles. The monoisotopic (exact) mass is 394 g/mol. The zero-order chi connectivity index (χ0) is 18.5. The molecule has 0 saturated heterocycles. The molecule has 0 bridgehead atoms. The zero-order valence-electron chi connectivity index (χ0n) is 13.8. The van der Waals surface area contributed by atoms with Crippen LogP contribution >= 0.6 is 22.9 Å². The summed E-state index contributed by atoms with van der Waals surface area (Å²) in [5.41, 5.74) is 2.57. The lowest BCUT2D eigenvalue weighted by Gasteiger charge is -2.17. The minimum Gasteiger partial charge on any atom is -0.303 e. The van der Waals surface area contributed by atoms with E-state index in [4.69, 9.17) is 11.6 Å². The van der Waals surface area contributed by atoms with Crippen molar-refractivity contribution in [1.29, 1.82) is 0 Å². The molecule has 0 spiro atoms. The van der Waals surface area contributed by atoms with Crippen LogP contribution in [0.4, 0.5) is 5.69 Å². The predicted octanol–water partition coefficient (Wildman–Crippen LogP) is 2.27. The van der Waals surface area contributed by atoms with Crippen LogP contribution in [0.3, 0.4) is 0 Å². The summed E-state index contributed by atoms with van der Waals surface area (Å²) < 4.78 is 1.59. The summed E-state index contributed by atoms with van der Waals surface area (Å²) in [4.78, 5) is 32.2. The number of benzene rings is 2. The van der Waals surface area contributed by atoms with E-state index in [9.17, 15) is 9.59 Å². The van der Waals surface area contributed by atoms with Gasteiger partial charge in [-0.25, -0.2) is 4.98 Å². The van der Waals surface area contributed by atoms with E-state index in [0.717, 1.165) is 16.8 Å². The Kier molecular flexibility index (Phi) is 3.60. The minimum atomic E-state index is -0.320. The second kappa shape index (κ2) is 6.00. The van der Waals surface area contributed by atoms with Gasteiger partial charge in [-0.2, -0.15) is 9.61 Å². The van der Waals surface area contributed by atoms with Gasteiger partial charge in [0, 0.05) is 10.6 Å². The maximum absolute atomic E-state index is 13.3. The smallest absolute Gasteiger partial charge is 0.291 e. The van der Waals surface area contributed by atoms with Gasteiger partial charge in [0.15, 0.2) is 0 Å². The Morgan fingerprint density at radius 1 is 1.04 bits per heavy atom. The molecule has 4 aromatic rings. The van der Waals surface area contributed by atoms with Crippen LogP contribution < -0.4 is 15.0 Å². The van der Waals surface area contributed by atoms with Gasteiger partial charge in [-0.3, -0.25) is 9.59 Å². The molecule has 0 fully saturated rings. The van der Waals surface area contributed by atoms with Crippen LogP contribution in [0, 0.1) is 0 Å². The average molecular weight is 395 g/mol. The van der Waals surface area contributed by atoms with Crippen LogP contribution in [0.25, 0.3) is 10.5 Å². The molecule has 0 radical (unpaired) electrons. The summed E-state index contributed by atoms with van der Waals surface area (Å²) in [5, 5.41) is 4.58. The van der Waals surface area contributed by atoms with Crippen molar-refractivity contribution in [2.24, 2.45) is 0 Å². The second-order valence-electron chi connectivity index (χ2n) is 6.10. The Morgan fingerprint density at radius 2 is 1.81 bits per heavy atom. The number of thiazole rings is 1. The van der Waals surface area contributed by atoms with E-state index >= 15 is 0 Å². The number of hydrogen-bond donors (Lipinski definition) is 0. The van der Waals surface area contributed by atoms with Crippen molar-refractivity contribution in [1.82, 2.24) is 14.6 Å². The van der Waals surface area contributed by atoms with Crippen LogP contribution in [-0.2, 0) is 11.3 Å². The Hall–Kier alpha value is -3.03. The SMILES string of the molecule is O=C1C(=c2sc3ncnn3c2=O)c2ccccc2N1Cc1ccc(Cl)cc1. The third kappa shape index (κ3) is 2.47.